The largest absolute Gasteiger partial charge is 0.457 e. The van der Waals surface area contributed by atoms with Crippen LogP contribution in [0.1, 0.15) is 79.2 Å². The number of aliphatic hydroxyl groups is 3. The summed E-state index contributed by atoms with van der Waals surface area (Å²) in [7, 11) is 0. The number of esters is 1. The van der Waals surface area contributed by atoms with Crippen LogP contribution in [0.5, 0.6) is 0 Å². The van der Waals surface area contributed by atoms with E-state index >= 15 is 0 Å². The first-order valence-electron chi connectivity index (χ1n) is 18.5. The Morgan fingerprint density at radius 3 is 2.50 bits per heavy atom. The van der Waals surface area contributed by atoms with Crippen LogP contribution in [0, 0.1) is 17.8 Å². The number of benzene rings is 1. The summed E-state index contributed by atoms with van der Waals surface area (Å²) in [4.78, 5) is 30.3. The van der Waals surface area contributed by atoms with Gasteiger partial charge in [-0.3, -0.25) is 9.69 Å². The zero-order chi connectivity index (χ0) is 36.4. The summed E-state index contributed by atoms with van der Waals surface area (Å²) in [6.07, 6.45) is 8.05. The normalized spacial score (nSPS) is 31.9. The fourth-order valence-corrected chi connectivity index (χ4v) is 6.92. The van der Waals surface area contributed by atoms with E-state index in [9.17, 15) is 24.9 Å². The molecule has 278 valence electrons. The molecule has 0 spiro atoms. The van der Waals surface area contributed by atoms with Gasteiger partial charge in [-0.25, -0.2) is 4.79 Å². The molecule has 10 atom stereocenters. The smallest absolute Gasteiger partial charge is 0.410 e. The third-order valence-corrected chi connectivity index (χ3v) is 10.4. The van der Waals surface area contributed by atoms with Gasteiger partial charge < -0.3 is 34.4 Å². The first kappa shape index (κ1) is 39.8. The topological polar surface area (TPSA) is 132 Å². The van der Waals surface area contributed by atoms with Crippen molar-refractivity contribution in [3.8, 4) is 0 Å². The summed E-state index contributed by atoms with van der Waals surface area (Å²) >= 11 is 0. The highest BCUT2D eigenvalue weighted by molar-refractivity contribution is 5.70. The average molecular weight is 697 g/mol. The number of piperazine rings is 1. The van der Waals surface area contributed by atoms with E-state index in [1.807, 2.05) is 71.0 Å². The monoisotopic (exact) mass is 696 g/mol. The van der Waals surface area contributed by atoms with Crippen LogP contribution in [0.4, 0.5) is 4.79 Å². The molecule has 2 saturated heterocycles. The fraction of sp³-hybridized carbons (Fsp3) is 0.650. The van der Waals surface area contributed by atoms with Gasteiger partial charge >= 0.3 is 12.1 Å². The van der Waals surface area contributed by atoms with Crippen LogP contribution in [0.3, 0.4) is 0 Å². The van der Waals surface area contributed by atoms with Gasteiger partial charge in [0.15, 0.2) is 0 Å². The second kappa shape index (κ2) is 18.5. The highest BCUT2D eigenvalue weighted by atomic mass is 16.6. The van der Waals surface area contributed by atoms with Crippen LogP contribution in [-0.2, 0) is 25.5 Å². The molecule has 0 aliphatic carbocycles. The summed E-state index contributed by atoms with van der Waals surface area (Å²) in [5.41, 5.74) is 0.887. The molecule has 10 nitrogen and oxygen atoms in total. The van der Waals surface area contributed by atoms with Crippen molar-refractivity contribution in [3.63, 3.8) is 0 Å². The van der Waals surface area contributed by atoms with Crippen molar-refractivity contribution in [1.82, 2.24) is 9.80 Å². The molecule has 3 N–H and O–H groups in total. The number of rotatable bonds is 11. The molecule has 0 bridgehead atoms. The average Bonchev–Trinajstić information content (AvgIpc) is 3.85. The van der Waals surface area contributed by atoms with Gasteiger partial charge in [0.25, 0.3) is 0 Å². The molecular weight excluding hydrogens is 636 g/mol. The molecule has 0 radical (unpaired) electrons. The Labute approximate surface area is 298 Å². The third-order valence-electron chi connectivity index (χ3n) is 10.4. The number of nitrogens with zero attached hydrogens (tertiary/aromatic N) is 2. The van der Waals surface area contributed by atoms with E-state index in [0.29, 0.717) is 38.8 Å². The Hall–Kier alpha value is -3.02. The van der Waals surface area contributed by atoms with Gasteiger partial charge in [0, 0.05) is 51.0 Å². The lowest BCUT2D eigenvalue weighted by Crippen LogP contribution is -2.49. The molecule has 3 heterocycles. The second-order valence-corrected chi connectivity index (χ2v) is 15.0. The number of carbonyl (C=O) groups is 2. The summed E-state index contributed by atoms with van der Waals surface area (Å²) < 4.78 is 17.8. The molecule has 1 aromatic carbocycles. The lowest BCUT2D eigenvalue weighted by molar-refractivity contribution is -0.151. The number of aliphatic hydroxyl groups excluding tert-OH is 2. The van der Waals surface area contributed by atoms with Gasteiger partial charge in [0.1, 0.15) is 12.2 Å². The van der Waals surface area contributed by atoms with Crippen LogP contribution in [0.15, 0.2) is 66.3 Å². The van der Waals surface area contributed by atoms with Crippen molar-refractivity contribution in [2.45, 2.75) is 122 Å². The second-order valence-electron chi connectivity index (χ2n) is 15.0. The number of allylic oxidation sites excluding steroid dienone is 2. The van der Waals surface area contributed by atoms with Crippen molar-refractivity contribution in [2.75, 3.05) is 26.2 Å². The molecule has 50 heavy (non-hydrogen) atoms. The standard InChI is InChI=1S/C40H60N2O8/c1-7-33(44)30(5)38-35(48-38)25-40(6,47)19-11-12-28(3)37-29(4)16-18-34(27(2)15-17-32(43)24-36(45)50-37)49-39(46)42-22-20-41(21-23-42)26-31-13-9-8-10-14-31/h8-14,16,18-19,27,29-30,32-35,37-38,43-44,47H,7,15,17,20-26H2,1-6H3/b18-16+,19-11+,28-12+. The van der Waals surface area contributed by atoms with E-state index in [1.165, 1.54) is 5.56 Å². The van der Waals surface area contributed by atoms with E-state index < -0.39 is 36.0 Å². The predicted octanol–water partition coefficient (Wildman–Crippen LogP) is 5.41. The Kier molecular flexibility index (Phi) is 14.7. The molecule has 3 aliphatic heterocycles. The van der Waals surface area contributed by atoms with Crippen molar-refractivity contribution in [3.05, 3.63) is 71.8 Å². The van der Waals surface area contributed by atoms with Crippen LogP contribution >= 0.6 is 0 Å². The number of hydrogen-bond donors (Lipinski definition) is 3. The minimum Gasteiger partial charge on any atom is -0.457 e. The van der Waals surface area contributed by atoms with Crippen LogP contribution in [0.2, 0.25) is 0 Å². The van der Waals surface area contributed by atoms with E-state index in [4.69, 9.17) is 14.2 Å². The summed E-state index contributed by atoms with van der Waals surface area (Å²) in [5, 5.41) is 31.9. The van der Waals surface area contributed by atoms with Crippen LogP contribution in [-0.4, -0.2) is 106 Å². The molecule has 2 fully saturated rings. The zero-order valence-corrected chi connectivity index (χ0v) is 30.8. The van der Waals surface area contributed by atoms with Gasteiger partial charge in [-0.05, 0) is 56.2 Å². The van der Waals surface area contributed by atoms with Crippen LogP contribution < -0.4 is 0 Å². The summed E-state index contributed by atoms with van der Waals surface area (Å²) in [5.74, 6) is -0.810. The predicted molar refractivity (Wildman–Crippen MR) is 193 cm³/mol. The molecule has 4 rings (SSSR count). The Morgan fingerprint density at radius 2 is 1.82 bits per heavy atom. The minimum absolute atomic E-state index is 0.00256. The highest BCUT2D eigenvalue weighted by Gasteiger charge is 2.47. The molecular formula is C40H60N2O8. The fourth-order valence-electron chi connectivity index (χ4n) is 6.92. The highest BCUT2D eigenvalue weighted by Crippen LogP contribution is 2.37. The van der Waals surface area contributed by atoms with Crippen molar-refractivity contribution < 1.29 is 39.1 Å². The first-order chi connectivity index (χ1) is 23.8. The summed E-state index contributed by atoms with van der Waals surface area (Å²) in [6, 6.07) is 10.3. The first-order valence-corrected chi connectivity index (χ1v) is 18.5. The zero-order valence-electron chi connectivity index (χ0n) is 30.8. The maximum absolute atomic E-state index is 13.4. The number of epoxide rings is 1. The Balaban J connectivity index is 1.39. The van der Waals surface area contributed by atoms with Gasteiger partial charge in [0.05, 0.1) is 36.4 Å². The van der Waals surface area contributed by atoms with Gasteiger partial charge in [-0.1, -0.05) is 82.3 Å². The van der Waals surface area contributed by atoms with E-state index in [0.717, 1.165) is 25.2 Å². The third kappa shape index (κ3) is 12.0. The van der Waals surface area contributed by atoms with Crippen LogP contribution in [0.25, 0.3) is 0 Å². The number of ether oxygens (including phenoxy) is 3. The maximum Gasteiger partial charge on any atom is 0.410 e. The lowest BCUT2D eigenvalue weighted by Gasteiger charge is -2.35. The quantitative estimate of drug-likeness (QED) is 0.120. The summed E-state index contributed by atoms with van der Waals surface area (Å²) in [6.45, 7) is 15.0. The number of cyclic esters (lactones) is 1. The van der Waals surface area contributed by atoms with E-state index in [-0.39, 0.29) is 42.5 Å². The SMILES string of the molecule is CCC(O)C(C)C1OC1CC(C)(O)/C=C/C=C(\C)C1OC(=O)CC(O)CCC(C)C(OC(=O)N2CCN(Cc3ccccc3)CC2)/C=C/C1C. The minimum atomic E-state index is -1.13. The van der Waals surface area contributed by atoms with Gasteiger partial charge in [0.2, 0.25) is 0 Å². The Bertz CT molecular complexity index is 1320. The molecule has 0 saturated carbocycles. The van der Waals surface area contributed by atoms with Crippen molar-refractivity contribution in [1.29, 1.82) is 0 Å². The molecule has 10 heteroatoms. The van der Waals surface area contributed by atoms with E-state index in [2.05, 4.69) is 17.0 Å². The molecule has 3 aliphatic rings. The van der Waals surface area contributed by atoms with Gasteiger partial charge in [-0.15, -0.1) is 0 Å². The van der Waals surface area contributed by atoms with Crippen molar-refractivity contribution in [2.24, 2.45) is 17.8 Å². The Morgan fingerprint density at radius 1 is 1.12 bits per heavy atom. The molecule has 0 aromatic heterocycles. The number of hydrogen-bond acceptors (Lipinski definition) is 9. The molecule has 1 amide bonds. The number of amides is 1. The van der Waals surface area contributed by atoms with E-state index in [1.54, 1.807) is 24.0 Å². The lowest BCUT2D eigenvalue weighted by atomic mass is 9.91. The number of carbonyl (C=O) groups excluding carboxylic acids is 2. The van der Waals surface area contributed by atoms with Gasteiger partial charge in [-0.2, -0.15) is 0 Å². The maximum atomic E-state index is 13.4. The molecule has 1 aromatic rings. The van der Waals surface area contributed by atoms with Crippen molar-refractivity contribution >= 4 is 12.1 Å². The molecule has 10 unspecified atom stereocenters.